The lowest BCUT2D eigenvalue weighted by molar-refractivity contribution is -0.0881. The van der Waals surface area contributed by atoms with Gasteiger partial charge in [-0.2, -0.15) is 0 Å². The van der Waals surface area contributed by atoms with E-state index in [1.807, 2.05) is 51.1 Å². The van der Waals surface area contributed by atoms with E-state index < -0.39 is 17.5 Å². The Kier molecular flexibility index (Phi) is 4.08. The van der Waals surface area contributed by atoms with Gasteiger partial charge in [0.25, 0.3) is 0 Å². The third-order valence-corrected chi connectivity index (χ3v) is 4.43. The number of fused-ring (bicyclic) bond motifs is 2. The Hall–Kier alpha value is -1.62. The molecule has 2 heterocycles. The maximum Gasteiger partial charge on any atom is 0.413 e. The van der Waals surface area contributed by atoms with Crippen molar-refractivity contribution in [3.05, 3.63) is 35.9 Å². The van der Waals surface area contributed by atoms with Gasteiger partial charge in [0.2, 0.25) is 5.79 Å². The molecular weight excluding hydrogens is 295 g/mol. The van der Waals surface area contributed by atoms with Crippen molar-refractivity contribution in [2.75, 3.05) is 13.1 Å². The van der Waals surface area contributed by atoms with Gasteiger partial charge in [0.1, 0.15) is 5.60 Å². The molecule has 0 aliphatic carbocycles. The van der Waals surface area contributed by atoms with E-state index in [-0.39, 0.29) is 12.6 Å². The summed E-state index contributed by atoms with van der Waals surface area (Å²) in [7, 11) is 0. The van der Waals surface area contributed by atoms with Crippen LogP contribution in [0.25, 0.3) is 0 Å². The highest BCUT2D eigenvalue weighted by Crippen LogP contribution is 2.41. The SMILES string of the molecule is CC(C)(C)OC(=O)N1[C@H]2CC[C@]1(F)CN(Cc1ccccc1)C2. The maximum absolute atomic E-state index is 15.4. The van der Waals surface area contributed by atoms with Gasteiger partial charge in [-0.1, -0.05) is 30.3 Å². The smallest absolute Gasteiger partial charge is 0.413 e. The van der Waals surface area contributed by atoms with E-state index in [9.17, 15) is 4.79 Å². The van der Waals surface area contributed by atoms with Crippen molar-refractivity contribution in [2.24, 2.45) is 0 Å². The molecule has 3 rings (SSSR count). The molecule has 4 nitrogen and oxygen atoms in total. The van der Waals surface area contributed by atoms with Crippen LogP contribution < -0.4 is 0 Å². The molecule has 0 spiro atoms. The van der Waals surface area contributed by atoms with E-state index in [0.29, 0.717) is 25.9 Å². The minimum absolute atomic E-state index is 0.104. The molecule has 23 heavy (non-hydrogen) atoms. The molecule has 2 atom stereocenters. The highest BCUT2D eigenvalue weighted by molar-refractivity contribution is 5.70. The first-order valence-electron chi connectivity index (χ1n) is 8.24. The van der Waals surface area contributed by atoms with Crippen LogP contribution in [0.1, 0.15) is 39.2 Å². The van der Waals surface area contributed by atoms with E-state index in [1.165, 1.54) is 10.5 Å². The van der Waals surface area contributed by atoms with E-state index >= 15 is 4.39 Å². The van der Waals surface area contributed by atoms with Gasteiger partial charge in [-0.25, -0.2) is 9.18 Å². The van der Waals surface area contributed by atoms with Gasteiger partial charge in [0, 0.05) is 19.5 Å². The average molecular weight is 320 g/mol. The maximum atomic E-state index is 15.4. The van der Waals surface area contributed by atoms with Crippen molar-refractivity contribution >= 4 is 6.09 Å². The average Bonchev–Trinajstić information content (AvgIpc) is 2.65. The highest BCUT2D eigenvalue weighted by atomic mass is 19.1. The zero-order valence-electron chi connectivity index (χ0n) is 14.1. The van der Waals surface area contributed by atoms with Crippen molar-refractivity contribution < 1.29 is 13.9 Å². The molecule has 2 saturated heterocycles. The molecule has 2 aliphatic heterocycles. The van der Waals surface area contributed by atoms with Crippen LogP contribution in [0.3, 0.4) is 0 Å². The second-order valence-corrected chi connectivity index (χ2v) is 7.62. The van der Waals surface area contributed by atoms with E-state index in [2.05, 4.69) is 4.90 Å². The van der Waals surface area contributed by atoms with Crippen molar-refractivity contribution in [1.29, 1.82) is 0 Å². The van der Waals surface area contributed by atoms with Gasteiger partial charge in [-0.05, 0) is 32.8 Å². The number of hydrogen-bond donors (Lipinski definition) is 0. The van der Waals surface area contributed by atoms with E-state index in [0.717, 1.165) is 0 Å². The summed E-state index contributed by atoms with van der Waals surface area (Å²) in [6, 6.07) is 9.95. The summed E-state index contributed by atoms with van der Waals surface area (Å²) in [4.78, 5) is 15.8. The summed E-state index contributed by atoms with van der Waals surface area (Å²) >= 11 is 0. The molecule has 126 valence electrons. The van der Waals surface area contributed by atoms with Crippen LogP contribution in [0.2, 0.25) is 0 Å². The second kappa shape index (κ2) is 5.78. The first kappa shape index (κ1) is 16.2. The zero-order chi connectivity index (χ0) is 16.7. The molecule has 1 aromatic rings. The Labute approximate surface area is 137 Å². The Balaban J connectivity index is 1.71. The molecule has 2 bridgehead atoms. The summed E-state index contributed by atoms with van der Waals surface area (Å²) in [6.45, 7) is 7.08. The number of ether oxygens (including phenoxy) is 1. The van der Waals surface area contributed by atoms with Crippen LogP contribution in [0.5, 0.6) is 0 Å². The summed E-state index contributed by atoms with van der Waals surface area (Å²) < 4.78 is 20.8. The lowest BCUT2D eigenvalue weighted by Gasteiger charge is -2.44. The Bertz CT molecular complexity index is 572. The first-order valence-corrected chi connectivity index (χ1v) is 8.24. The van der Waals surface area contributed by atoms with Gasteiger partial charge >= 0.3 is 6.09 Å². The number of alkyl halides is 1. The summed E-state index contributed by atoms with van der Waals surface area (Å²) in [6.07, 6.45) is 0.560. The molecule has 1 aromatic carbocycles. The van der Waals surface area contributed by atoms with Gasteiger partial charge < -0.3 is 4.74 Å². The fourth-order valence-corrected chi connectivity index (χ4v) is 3.58. The highest BCUT2D eigenvalue weighted by Gasteiger charge is 2.55. The normalized spacial score (nSPS) is 28.0. The van der Waals surface area contributed by atoms with E-state index in [4.69, 9.17) is 4.74 Å². The number of amides is 1. The van der Waals surface area contributed by atoms with Crippen molar-refractivity contribution in [3.8, 4) is 0 Å². The Morgan fingerprint density at radius 2 is 2.04 bits per heavy atom. The van der Waals surface area contributed by atoms with Crippen LogP contribution in [-0.4, -0.2) is 46.4 Å². The van der Waals surface area contributed by atoms with Crippen molar-refractivity contribution in [3.63, 3.8) is 0 Å². The third kappa shape index (κ3) is 3.50. The quantitative estimate of drug-likeness (QED) is 0.781. The number of carbonyl (C=O) groups excluding carboxylic acids is 1. The van der Waals surface area contributed by atoms with Crippen LogP contribution in [0.4, 0.5) is 9.18 Å². The lowest BCUT2D eigenvalue weighted by Crippen LogP contribution is -2.61. The molecular formula is C18H25FN2O2. The fraction of sp³-hybridized carbons (Fsp3) is 0.611. The molecule has 0 aromatic heterocycles. The molecule has 0 unspecified atom stereocenters. The summed E-state index contributed by atoms with van der Waals surface area (Å²) in [5.74, 6) is -1.61. The lowest BCUT2D eigenvalue weighted by atomic mass is 10.1. The minimum Gasteiger partial charge on any atom is -0.444 e. The number of halogens is 1. The largest absolute Gasteiger partial charge is 0.444 e. The Morgan fingerprint density at radius 3 is 2.65 bits per heavy atom. The zero-order valence-corrected chi connectivity index (χ0v) is 14.1. The molecule has 5 heteroatoms. The van der Waals surface area contributed by atoms with Gasteiger partial charge in [-0.15, -0.1) is 0 Å². The minimum atomic E-state index is -1.61. The predicted molar refractivity (Wildman–Crippen MR) is 86.7 cm³/mol. The van der Waals surface area contributed by atoms with Crippen molar-refractivity contribution in [1.82, 2.24) is 9.80 Å². The van der Waals surface area contributed by atoms with Crippen LogP contribution in [-0.2, 0) is 11.3 Å². The number of nitrogens with zero attached hydrogens (tertiary/aromatic N) is 2. The third-order valence-electron chi connectivity index (χ3n) is 4.43. The molecule has 0 radical (unpaired) electrons. The van der Waals surface area contributed by atoms with Gasteiger partial charge in [0.15, 0.2) is 0 Å². The summed E-state index contributed by atoms with van der Waals surface area (Å²) in [5.41, 5.74) is 0.565. The fourth-order valence-electron chi connectivity index (χ4n) is 3.58. The molecule has 0 N–H and O–H groups in total. The first-order chi connectivity index (χ1) is 10.8. The predicted octanol–water partition coefficient (Wildman–Crippen LogP) is 3.57. The summed E-state index contributed by atoms with van der Waals surface area (Å²) in [5, 5.41) is 0. The molecule has 0 saturated carbocycles. The standard InChI is InChI=1S/C18H25FN2O2/c1-17(2,3)23-16(22)21-15-9-10-18(21,19)13-20(12-15)11-14-7-5-4-6-8-14/h4-8,15H,9-13H2,1-3H3/t15-,18+/m0/s1. The second-order valence-electron chi connectivity index (χ2n) is 7.62. The Morgan fingerprint density at radius 1 is 1.35 bits per heavy atom. The van der Waals surface area contributed by atoms with Crippen LogP contribution in [0, 0.1) is 0 Å². The number of rotatable bonds is 2. The van der Waals surface area contributed by atoms with Gasteiger partial charge in [0.05, 0.1) is 12.6 Å². The van der Waals surface area contributed by atoms with Crippen molar-refractivity contribution in [2.45, 2.75) is 57.6 Å². The number of benzene rings is 1. The topological polar surface area (TPSA) is 32.8 Å². The van der Waals surface area contributed by atoms with Crippen LogP contribution >= 0.6 is 0 Å². The number of likely N-dealkylation sites (tertiary alicyclic amines) is 1. The number of piperazine rings is 1. The number of hydrogen-bond acceptors (Lipinski definition) is 3. The molecule has 2 aliphatic rings. The van der Waals surface area contributed by atoms with Gasteiger partial charge in [-0.3, -0.25) is 9.80 Å². The monoisotopic (exact) mass is 320 g/mol. The number of carbonyl (C=O) groups is 1. The van der Waals surface area contributed by atoms with Crippen LogP contribution in [0.15, 0.2) is 30.3 Å². The molecule has 1 amide bonds. The van der Waals surface area contributed by atoms with E-state index in [1.54, 1.807) is 0 Å². The molecule has 2 fully saturated rings.